The van der Waals surface area contributed by atoms with Crippen LogP contribution in [0, 0.1) is 0 Å². The predicted molar refractivity (Wildman–Crippen MR) is 154 cm³/mol. The second kappa shape index (κ2) is 14.9. The summed E-state index contributed by atoms with van der Waals surface area (Å²) < 4.78 is 38.7. The third kappa shape index (κ3) is 9.33. The van der Waals surface area contributed by atoms with E-state index in [1.165, 1.54) is 7.11 Å². The van der Waals surface area contributed by atoms with Crippen LogP contribution in [-0.4, -0.2) is 93.6 Å². The lowest BCUT2D eigenvalue weighted by atomic mass is 10.0. The Hall–Kier alpha value is -3.87. The molecule has 2 heterocycles. The number of nitrogens with one attached hydrogen (secondary N) is 2. The zero-order valence-electron chi connectivity index (χ0n) is 24.5. The number of amides is 1. The van der Waals surface area contributed by atoms with Crippen molar-refractivity contribution < 1.29 is 42.7 Å². The molecule has 12 heteroatoms. The average molecular weight is 586 g/mol. The van der Waals surface area contributed by atoms with E-state index in [2.05, 4.69) is 10.3 Å². The van der Waals surface area contributed by atoms with Crippen molar-refractivity contribution in [1.29, 1.82) is 0 Å². The van der Waals surface area contributed by atoms with Crippen LogP contribution in [0.1, 0.15) is 26.3 Å². The van der Waals surface area contributed by atoms with Crippen LogP contribution in [0.25, 0.3) is 22.4 Å². The van der Waals surface area contributed by atoms with E-state index in [0.717, 1.165) is 16.6 Å². The lowest BCUT2D eigenvalue weighted by Gasteiger charge is -2.22. The van der Waals surface area contributed by atoms with E-state index >= 15 is 0 Å². The van der Waals surface area contributed by atoms with E-state index in [0.29, 0.717) is 75.7 Å². The molecule has 1 amide bonds. The number of hydrogen-bond donors (Lipinski definition) is 2. The molecule has 12 nitrogen and oxygen atoms in total. The predicted octanol–water partition coefficient (Wildman–Crippen LogP) is 3.66. The Morgan fingerprint density at radius 3 is 2.05 bits per heavy atom. The van der Waals surface area contributed by atoms with Gasteiger partial charge in [-0.1, -0.05) is 24.3 Å². The molecule has 1 aliphatic heterocycles. The number of aromatic nitrogens is 2. The first-order valence-corrected chi connectivity index (χ1v) is 13.9. The highest BCUT2D eigenvalue weighted by Gasteiger charge is 2.25. The van der Waals surface area contributed by atoms with Gasteiger partial charge in [-0.15, -0.1) is 0 Å². The van der Waals surface area contributed by atoms with Gasteiger partial charge in [0.2, 0.25) is 0 Å². The first-order valence-electron chi connectivity index (χ1n) is 13.9. The highest BCUT2D eigenvalue weighted by atomic mass is 16.6. The number of hydrogen-bond acceptors (Lipinski definition) is 10. The Balaban J connectivity index is 1.48. The summed E-state index contributed by atoms with van der Waals surface area (Å²) in [4.78, 5) is 32.7. The van der Waals surface area contributed by atoms with Gasteiger partial charge in [0.25, 0.3) is 0 Å². The number of carbonyl (C=O) groups is 2. The lowest BCUT2D eigenvalue weighted by Crippen LogP contribution is -2.45. The summed E-state index contributed by atoms with van der Waals surface area (Å²) in [5.74, 6) is 1.24. The molecule has 0 bridgehead atoms. The molecule has 228 valence electrons. The molecular formula is C30H39N3O9. The summed E-state index contributed by atoms with van der Waals surface area (Å²) in [7, 11) is 1.28. The van der Waals surface area contributed by atoms with Gasteiger partial charge in [-0.3, -0.25) is 0 Å². The van der Waals surface area contributed by atoms with Gasteiger partial charge in [-0.2, -0.15) is 0 Å². The molecule has 2 N–H and O–H groups in total. The number of alkyl carbamates (subject to hydrolysis) is 1. The SMILES string of the molecule is COC(=O)[C@H](Cc1ccc(-c2nc3cc4c(cc3[nH]2)OCCOCCOCCOCCO4)cc1)NC(=O)OC(C)(C)C. The molecule has 1 aliphatic rings. The van der Waals surface area contributed by atoms with Crippen LogP contribution in [0.2, 0.25) is 0 Å². The van der Waals surface area contributed by atoms with Crippen molar-refractivity contribution in [2.75, 3.05) is 60.0 Å². The maximum Gasteiger partial charge on any atom is 0.408 e. The van der Waals surface area contributed by atoms with Crippen LogP contribution in [-0.2, 0) is 34.9 Å². The maximum absolute atomic E-state index is 12.3. The van der Waals surface area contributed by atoms with Crippen molar-refractivity contribution in [3.05, 3.63) is 42.0 Å². The molecule has 3 aromatic rings. The smallest absolute Gasteiger partial charge is 0.408 e. The second-order valence-electron chi connectivity index (χ2n) is 10.6. The highest BCUT2D eigenvalue weighted by molar-refractivity contribution is 5.83. The first-order chi connectivity index (χ1) is 20.2. The summed E-state index contributed by atoms with van der Waals surface area (Å²) in [6.07, 6.45) is -0.457. The van der Waals surface area contributed by atoms with Crippen molar-refractivity contribution >= 4 is 23.1 Å². The minimum absolute atomic E-state index is 0.230. The van der Waals surface area contributed by atoms with Gasteiger partial charge in [0, 0.05) is 24.1 Å². The van der Waals surface area contributed by atoms with Crippen molar-refractivity contribution in [1.82, 2.24) is 15.3 Å². The number of benzene rings is 2. The molecule has 0 unspecified atom stereocenters. The molecule has 0 fully saturated rings. The van der Waals surface area contributed by atoms with Crippen molar-refractivity contribution in [2.24, 2.45) is 0 Å². The summed E-state index contributed by atoms with van der Waals surface area (Å²) in [5.41, 5.74) is 2.47. The van der Waals surface area contributed by atoms with E-state index in [9.17, 15) is 9.59 Å². The second-order valence-corrected chi connectivity index (χ2v) is 10.6. The van der Waals surface area contributed by atoms with E-state index in [1.807, 2.05) is 36.4 Å². The number of H-pyrrole nitrogens is 1. The fourth-order valence-corrected chi connectivity index (χ4v) is 4.16. The summed E-state index contributed by atoms with van der Waals surface area (Å²) in [6, 6.07) is 10.3. The monoisotopic (exact) mass is 585 g/mol. The summed E-state index contributed by atoms with van der Waals surface area (Å²) in [5, 5.41) is 2.60. The topological polar surface area (TPSA) is 139 Å². The van der Waals surface area contributed by atoms with Crippen LogP contribution in [0.15, 0.2) is 36.4 Å². The third-order valence-electron chi connectivity index (χ3n) is 6.11. The minimum atomic E-state index is -0.897. The number of rotatable bonds is 5. The van der Waals surface area contributed by atoms with Crippen molar-refractivity contribution in [3.8, 4) is 22.9 Å². The molecule has 0 radical (unpaired) electrons. The zero-order chi connectivity index (χ0) is 30.0. The Labute approximate surface area is 244 Å². The van der Waals surface area contributed by atoms with Gasteiger partial charge < -0.3 is 43.5 Å². The van der Waals surface area contributed by atoms with Gasteiger partial charge in [-0.25, -0.2) is 14.6 Å². The standard InChI is InChI=1S/C30H39N3O9/c1-30(2,3)42-29(35)33-24(28(34)36-4)17-20-5-7-21(8-6-20)27-31-22-18-25-26(19-23(22)32-27)41-16-14-39-12-10-37-9-11-38-13-15-40-25/h5-8,18-19,24H,9-17H2,1-4H3,(H,31,32)(H,33,35)/t24-/m0/s1. The number of methoxy groups -OCH3 is 1. The van der Waals surface area contributed by atoms with E-state index in [4.69, 9.17) is 38.1 Å². The van der Waals surface area contributed by atoms with Gasteiger partial charge in [-0.05, 0) is 26.3 Å². The van der Waals surface area contributed by atoms with Crippen molar-refractivity contribution in [3.63, 3.8) is 0 Å². The molecule has 4 rings (SSSR count). The molecule has 0 spiro atoms. The molecule has 1 aromatic heterocycles. The van der Waals surface area contributed by atoms with Gasteiger partial charge in [0.05, 0.1) is 57.8 Å². The molecule has 0 saturated carbocycles. The van der Waals surface area contributed by atoms with Crippen LogP contribution < -0.4 is 14.8 Å². The number of imidazole rings is 1. The third-order valence-corrected chi connectivity index (χ3v) is 6.11. The van der Waals surface area contributed by atoms with Crippen LogP contribution >= 0.6 is 0 Å². The van der Waals surface area contributed by atoms with Crippen LogP contribution in [0.4, 0.5) is 4.79 Å². The molecule has 0 saturated heterocycles. The first kappa shape index (κ1) is 31.1. The minimum Gasteiger partial charge on any atom is -0.487 e. The normalized spacial score (nSPS) is 16.1. The number of nitrogens with zero attached hydrogens (tertiary/aromatic N) is 1. The fraction of sp³-hybridized carbons (Fsp3) is 0.500. The molecule has 2 aromatic carbocycles. The summed E-state index contributed by atoms with van der Waals surface area (Å²) in [6.45, 7) is 8.78. The molecular weight excluding hydrogens is 546 g/mol. The van der Waals surface area contributed by atoms with Gasteiger partial charge in [0.15, 0.2) is 11.5 Å². The number of ether oxygens (including phenoxy) is 7. The van der Waals surface area contributed by atoms with E-state index < -0.39 is 23.7 Å². The molecule has 42 heavy (non-hydrogen) atoms. The Morgan fingerprint density at radius 2 is 1.48 bits per heavy atom. The Bertz CT molecular complexity index is 1270. The number of carbonyl (C=O) groups excluding carboxylic acids is 2. The quantitative estimate of drug-likeness (QED) is 0.427. The largest absolute Gasteiger partial charge is 0.487 e. The van der Waals surface area contributed by atoms with Crippen LogP contribution in [0.5, 0.6) is 11.5 Å². The fourth-order valence-electron chi connectivity index (χ4n) is 4.16. The maximum atomic E-state index is 12.3. The Morgan fingerprint density at radius 1 is 0.905 bits per heavy atom. The molecule has 1 atom stereocenters. The lowest BCUT2D eigenvalue weighted by molar-refractivity contribution is -0.143. The summed E-state index contributed by atoms with van der Waals surface area (Å²) >= 11 is 0. The zero-order valence-corrected chi connectivity index (χ0v) is 24.5. The average Bonchev–Trinajstić information content (AvgIpc) is 3.36. The number of esters is 1. The highest BCUT2D eigenvalue weighted by Crippen LogP contribution is 2.33. The van der Waals surface area contributed by atoms with Gasteiger partial charge >= 0.3 is 12.1 Å². The molecule has 0 aliphatic carbocycles. The van der Waals surface area contributed by atoms with Gasteiger partial charge in [0.1, 0.15) is 30.7 Å². The number of aromatic amines is 1. The van der Waals surface area contributed by atoms with E-state index in [-0.39, 0.29) is 6.42 Å². The Kier molecular flexibility index (Phi) is 11.0. The van der Waals surface area contributed by atoms with E-state index in [1.54, 1.807) is 20.8 Å². The number of fused-ring (bicyclic) bond motifs is 2. The van der Waals surface area contributed by atoms with Crippen molar-refractivity contribution in [2.45, 2.75) is 38.8 Å². The van der Waals surface area contributed by atoms with Crippen LogP contribution in [0.3, 0.4) is 0 Å².